The monoisotopic (exact) mass is 237 g/mol. The number of aryl methyl sites for hydroxylation is 1. The van der Waals surface area contributed by atoms with Crippen LogP contribution < -0.4 is 10.1 Å². The number of rotatable bonds is 8. The van der Waals surface area contributed by atoms with Crippen molar-refractivity contribution in [1.82, 2.24) is 5.32 Å². The summed E-state index contributed by atoms with van der Waals surface area (Å²) in [5, 5.41) is 12.7. The molecule has 96 valence electrons. The van der Waals surface area contributed by atoms with Crippen molar-refractivity contribution in [2.24, 2.45) is 0 Å². The lowest BCUT2D eigenvalue weighted by Gasteiger charge is -2.12. The summed E-state index contributed by atoms with van der Waals surface area (Å²) in [6, 6.07) is 8.08. The number of nitrogens with one attached hydrogen (secondary N) is 1. The first-order valence-corrected chi connectivity index (χ1v) is 6.36. The zero-order valence-electron chi connectivity index (χ0n) is 10.8. The largest absolute Gasteiger partial charge is 0.491 e. The minimum Gasteiger partial charge on any atom is -0.491 e. The van der Waals surface area contributed by atoms with Gasteiger partial charge in [0.15, 0.2) is 0 Å². The summed E-state index contributed by atoms with van der Waals surface area (Å²) in [5.74, 6) is 0.820. The molecule has 0 aromatic heterocycles. The van der Waals surface area contributed by atoms with Gasteiger partial charge in [0.05, 0.1) is 0 Å². The molecule has 0 spiro atoms. The Hall–Kier alpha value is -1.06. The number of aliphatic hydroxyl groups excluding tert-OH is 1. The van der Waals surface area contributed by atoms with Crippen molar-refractivity contribution in [2.45, 2.75) is 32.8 Å². The molecule has 0 aliphatic heterocycles. The van der Waals surface area contributed by atoms with Crippen LogP contribution in [0.4, 0.5) is 0 Å². The molecule has 0 bridgehead atoms. The van der Waals surface area contributed by atoms with E-state index in [9.17, 15) is 5.11 Å². The van der Waals surface area contributed by atoms with E-state index in [-0.39, 0.29) is 0 Å². The average Bonchev–Trinajstić information content (AvgIpc) is 2.36. The molecule has 0 aliphatic rings. The van der Waals surface area contributed by atoms with Crippen LogP contribution in [0.25, 0.3) is 0 Å². The maximum absolute atomic E-state index is 9.59. The van der Waals surface area contributed by atoms with Crippen LogP contribution in [0.3, 0.4) is 0 Å². The number of aliphatic hydroxyl groups is 1. The summed E-state index contributed by atoms with van der Waals surface area (Å²) in [5.41, 5.74) is 1.33. The van der Waals surface area contributed by atoms with Crippen molar-refractivity contribution in [3.8, 4) is 5.75 Å². The highest BCUT2D eigenvalue weighted by molar-refractivity contribution is 5.27. The first kappa shape index (κ1) is 14.0. The molecule has 0 amide bonds. The van der Waals surface area contributed by atoms with Gasteiger partial charge < -0.3 is 15.2 Å². The molecule has 0 saturated heterocycles. The Bertz CT molecular complexity index is 298. The number of ether oxygens (including phenoxy) is 1. The molecule has 1 unspecified atom stereocenters. The molecule has 0 aliphatic carbocycles. The highest BCUT2D eigenvalue weighted by Gasteiger charge is 2.04. The van der Waals surface area contributed by atoms with Crippen LogP contribution >= 0.6 is 0 Å². The molecular formula is C14H23NO2. The van der Waals surface area contributed by atoms with E-state index >= 15 is 0 Å². The summed E-state index contributed by atoms with van der Waals surface area (Å²) < 4.78 is 5.51. The third-order valence-electron chi connectivity index (χ3n) is 2.53. The fourth-order valence-corrected chi connectivity index (χ4v) is 1.60. The minimum absolute atomic E-state index is 0.333. The second-order valence-corrected chi connectivity index (χ2v) is 4.17. The van der Waals surface area contributed by atoms with Gasteiger partial charge >= 0.3 is 0 Å². The van der Waals surface area contributed by atoms with E-state index in [1.54, 1.807) is 0 Å². The van der Waals surface area contributed by atoms with Crippen molar-refractivity contribution in [3.05, 3.63) is 29.8 Å². The van der Waals surface area contributed by atoms with E-state index in [4.69, 9.17) is 4.74 Å². The molecule has 0 heterocycles. The number of benzene rings is 1. The third kappa shape index (κ3) is 5.71. The number of hydrogen-bond donors (Lipinski definition) is 2. The van der Waals surface area contributed by atoms with E-state index in [0.717, 1.165) is 25.1 Å². The average molecular weight is 237 g/mol. The van der Waals surface area contributed by atoms with E-state index < -0.39 is 6.10 Å². The SMILES string of the molecule is CCCc1ccc(OCC(O)CNCC)cc1. The maximum Gasteiger partial charge on any atom is 0.119 e. The molecule has 1 aromatic carbocycles. The van der Waals surface area contributed by atoms with Crippen molar-refractivity contribution in [1.29, 1.82) is 0 Å². The normalized spacial score (nSPS) is 12.4. The Morgan fingerprint density at radius 3 is 2.53 bits per heavy atom. The van der Waals surface area contributed by atoms with Crippen LogP contribution in [0, 0.1) is 0 Å². The van der Waals surface area contributed by atoms with E-state index in [0.29, 0.717) is 13.2 Å². The molecule has 0 fully saturated rings. The quantitative estimate of drug-likeness (QED) is 0.726. The molecule has 0 saturated carbocycles. The zero-order chi connectivity index (χ0) is 12.5. The van der Waals surface area contributed by atoms with Gasteiger partial charge in [-0.15, -0.1) is 0 Å². The molecule has 17 heavy (non-hydrogen) atoms. The van der Waals surface area contributed by atoms with Crippen LogP contribution in [0.5, 0.6) is 5.75 Å². The fraction of sp³-hybridized carbons (Fsp3) is 0.571. The summed E-state index contributed by atoms with van der Waals surface area (Å²) in [7, 11) is 0. The van der Waals surface area contributed by atoms with E-state index in [1.807, 2.05) is 19.1 Å². The fourth-order valence-electron chi connectivity index (χ4n) is 1.60. The van der Waals surface area contributed by atoms with E-state index in [1.165, 1.54) is 5.56 Å². The van der Waals surface area contributed by atoms with Gasteiger partial charge in [-0.25, -0.2) is 0 Å². The first-order chi connectivity index (χ1) is 8.26. The van der Waals surface area contributed by atoms with Gasteiger partial charge in [-0.2, -0.15) is 0 Å². The van der Waals surface area contributed by atoms with Crippen LogP contribution in [0.15, 0.2) is 24.3 Å². The minimum atomic E-state index is -0.453. The Morgan fingerprint density at radius 1 is 1.24 bits per heavy atom. The van der Waals surface area contributed by atoms with Crippen LogP contribution in [-0.2, 0) is 6.42 Å². The molecule has 1 rings (SSSR count). The van der Waals surface area contributed by atoms with Gasteiger partial charge in [0.2, 0.25) is 0 Å². The Kier molecular flexibility index (Phi) is 6.67. The van der Waals surface area contributed by atoms with Crippen molar-refractivity contribution in [3.63, 3.8) is 0 Å². The van der Waals surface area contributed by atoms with Crippen LogP contribution in [0.2, 0.25) is 0 Å². The summed E-state index contributed by atoms with van der Waals surface area (Å²) in [4.78, 5) is 0. The van der Waals surface area contributed by atoms with Gasteiger partial charge in [0.25, 0.3) is 0 Å². The summed E-state index contributed by atoms with van der Waals surface area (Å²) >= 11 is 0. The molecule has 0 radical (unpaired) electrons. The van der Waals surface area contributed by atoms with E-state index in [2.05, 4.69) is 24.4 Å². The lowest BCUT2D eigenvalue weighted by atomic mass is 10.1. The van der Waals surface area contributed by atoms with Crippen molar-refractivity contribution < 1.29 is 9.84 Å². The van der Waals surface area contributed by atoms with Crippen molar-refractivity contribution in [2.75, 3.05) is 19.7 Å². The van der Waals surface area contributed by atoms with Gasteiger partial charge in [-0.3, -0.25) is 0 Å². The predicted octanol–water partition coefficient (Wildman–Crippen LogP) is 1.99. The highest BCUT2D eigenvalue weighted by atomic mass is 16.5. The lowest BCUT2D eigenvalue weighted by Crippen LogP contribution is -2.31. The molecule has 1 atom stereocenters. The second-order valence-electron chi connectivity index (χ2n) is 4.17. The Morgan fingerprint density at radius 2 is 1.94 bits per heavy atom. The first-order valence-electron chi connectivity index (χ1n) is 6.36. The number of likely N-dealkylation sites (N-methyl/N-ethyl adjacent to an activating group) is 1. The van der Waals surface area contributed by atoms with Gasteiger partial charge in [0, 0.05) is 6.54 Å². The summed E-state index contributed by atoms with van der Waals surface area (Å²) in [6.45, 7) is 5.95. The van der Waals surface area contributed by atoms with Crippen LogP contribution in [0.1, 0.15) is 25.8 Å². The topological polar surface area (TPSA) is 41.5 Å². The van der Waals surface area contributed by atoms with Crippen molar-refractivity contribution >= 4 is 0 Å². The number of hydrogen-bond acceptors (Lipinski definition) is 3. The zero-order valence-corrected chi connectivity index (χ0v) is 10.8. The lowest BCUT2D eigenvalue weighted by molar-refractivity contribution is 0.107. The Balaban J connectivity index is 2.31. The molecule has 2 N–H and O–H groups in total. The molecule has 1 aromatic rings. The standard InChI is InChI=1S/C14H23NO2/c1-3-5-12-6-8-14(9-7-12)17-11-13(16)10-15-4-2/h6-9,13,15-16H,3-5,10-11H2,1-2H3. The Labute approximate surface area is 104 Å². The maximum atomic E-state index is 9.59. The third-order valence-corrected chi connectivity index (χ3v) is 2.53. The molecule has 3 nitrogen and oxygen atoms in total. The summed E-state index contributed by atoms with van der Waals surface area (Å²) in [6.07, 6.45) is 1.80. The van der Waals surface area contributed by atoms with Gasteiger partial charge in [0.1, 0.15) is 18.5 Å². The molecular weight excluding hydrogens is 214 g/mol. The van der Waals surface area contributed by atoms with Gasteiger partial charge in [-0.05, 0) is 30.7 Å². The van der Waals surface area contributed by atoms with Gasteiger partial charge in [-0.1, -0.05) is 32.4 Å². The predicted molar refractivity (Wildman–Crippen MR) is 70.5 cm³/mol. The molecule has 3 heteroatoms. The van der Waals surface area contributed by atoms with Crippen LogP contribution in [-0.4, -0.2) is 30.9 Å². The highest BCUT2D eigenvalue weighted by Crippen LogP contribution is 2.13. The second kappa shape index (κ2) is 8.09. The smallest absolute Gasteiger partial charge is 0.119 e.